The van der Waals surface area contributed by atoms with Gasteiger partial charge in [0, 0.05) is 31.7 Å². The summed E-state index contributed by atoms with van der Waals surface area (Å²) in [6, 6.07) is 10.2. The van der Waals surface area contributed by atoms with Crippen molar-refractivity contribution in [3.63, 3.8) is 0 Å². The molecule has 1 N–H and O–H groups in total. The Morgan fingerprint density at radius 1 is 1.24 bits per heavy atom. The Hall–Kier alpha value is -2.67. The second-order valence-electron chi connectivity index (χ2n) is 7.07. The zero-order valence-electron chi connectivity index (χ0n) is 17.7. The van der Waals surface area contributed by atoms with Crippen molar-refractivity contribution in [3.8, 4) is 5.69 Å². The summed E-state index contributed by atoms with van der Waals surface area (Å²) in [6.45, 7) is 8.60. The lowest BCUT2D eigenvalue weighted by molar-refractivity contribution is 0.470. The van der Waals surface area contributed by atoms with Crippen LogP contribution in [0.15, 0.2) is 46.9 Å². The van der Waals surface area contributed by atoms with Crippen LogP contribution >= 0.6 is 11.3 Å². The number of guanidine groups is 1. The molecule has 2 aromatic heterocycles. The minimum Gasteiger partial charge on any atom is -0.357 e. The van der Waals surface area contributed by atoms with Crippen LogP contribution in [0.3, 0.4) is 0 Å². The van der Waals surface area contributed by atoms with E-state index < -0.39 is 0 Å². The van der Waals surface area contributed by atoms with Crippen molar-refractivity contribution in [1.82, 2.24) is 25.0 Å². The first kappa shape index (κ1) is 21.0. The smallest absolute Gasteiger partial charge is 0.194 e. The Kier molecular flexibility index (Phi) is 7.41. The fourth-order valence-electron chi connectivity index (χ4n) is 3.18. The Labute approximate surface area is 177 Å². The van der Waals surface area contributed by atoms with Crippen LogP contribution < -0.4 is 5.32 Å². The fraction of sp³-hybridized carbons (Fsp3) is 0.409. The highest BCUT2D eigenvalue weighted by Gasteiger charge is 2.09. The topological polar surface area (TPSA) is 58.3 Å². The average Bonchev–Trinajstić information content (AvgIpc) is 3.30. The van der Waals surface area contributed by atoms with E-state index >= 15 is 0 Å². The monoisotopic (exact) mass is 410 g/mol. The molecule has 0 bridgehead atoms. The van der Waals surface area contributed by atoms with Gasteiger partial charge >= 0.3 is 0 Å². The molecule has 3 rings (SSSR count). The molecule has 0 saturated carbocycles. The normalized spacial score (nSPS) is 11.7. The summed E-state index contributed by atoms with van der Waals surface area (Å²) in [6.07, 6.45) is 4.09. The quantitative estimate of drug-likeness (QED) is 0.347. The lowest BCUT2D eigenvalue weighted by Gasteiger charge is -2.21. The highest BCUT2D eigenvalue weighted by molar-refractivity contribution is 7.09. The first-order valence-corrected chi connectivity index (χ1v) is 11.0. The standard InChI is InChI=1S/C22H30N6S/c1-5-23-22(27(4)15-20-16-29-18(3)25-20)24-13-9-10-19-14-28(26-17(19)2)21-11-7-6-8-12-21/h6-8,11-12,14,16H,5,9-10,13,15H2,1-4H3,(H,23,24). The molecule has 0 aliphatic carbocycles. The highest BCUT2D eigenvalue weighted by Crippen LogP contribution is 2.14. The van der Waals surface area contributed by atoms with Crippen LogP contribution in [0.4, 0.5) is 0 Å². The third-order valence-electron chi connectivity index (χ3n) is 4.65. The largest absolute Gasteiger partial charge is 0.357 e. The number of hydrogen-bond acceptors (Lipinski definition) is 4. The van der Waals surface area contributed by atoms with Crippen LogP contribution in [-0.4, -0.2) is 45.8 Å². The van der Waals surface area contributed by atoms with E-state index in [9.17, 15) is 0 Å². The van der Waals surface area contributed by atoms with Crippen LogP contribution in [0.5, 0.6) is 0 Å². The lowest BCUT2D eigenvalue weighted by Crippen LogP contribution is -2.38. The highest BCUT2D eigenvalue weighted by atomic mass is 32.1. The molecule has 7 heteroatoms. The molecule has 0 atom stereocenters. The summed E-state index contributed by atoms with van der Waals surface area (Å²) in [7, 11) is 2.06. The van der Waals surface area contributed by atoms with Crippen molar-refractivity contribution < 1.29 is 0 Å². The van der Waals surface area contributed by atoms with Crippen LogP contribution in [-0.2, 0) is 13.0 Å². The SMILES string of the molecule is CCNC(=NCCCc1cn(-c2ccccc2)nc1C)N(C)Cc1csc(C)n1. The van der Waals surface area contributed by atoms with Gasteiger partial charge in [0.05, 0.1) is 28.6 Å². The second-order valence-corrected chi connectivity index (χ2v) is 8.14. The van der Waals surface area contributed by atoms with Crippen LogP contribution in [0, 0.1) is 13.8 Å². The molecular weight excluding hydrogens is 380 g/mol. The van der Waals surface area contributed by atoms with Crippen molar-refractivity contribution >= 4 is 17.3 Å². The van der Waals surface area contributed by atoms with Gasteiger partial charge in [0.15, 0.2) is 5.96 Å². The summed E-state index contributed by atoms with van der Waals surface area (Å²) in [5.74, 6) is 0.926. The number of para-hydroxylation sites is 1. The molecule has 29 heavy (non-hydrogen) atoms. The summed E-state index contributed by atoms with van der Waals surface area (Å²) in [5.41, 5.74) is 4.54. The van der Waals surface area contributed by atoms with E-state index in [0.29, 0.717) is 0 Å². The zero-order valence-corrected chi connectivity index (χ0v) is 18.5. The number of rotatable bonds is 8. The summed E-state index contributed by atoms with van der Waals surface area (Å²) in [5, 5.41) is 11.2. The predicted octanol–water partition coefficient (Wildman–Crippen LogP) is 3.98. The van der Waals surface area contributed by atoms with Gasteiger partial charge < -0.3 is 10.2 Å². The van der Waals surface area contributed by atoms with E-state index in [0.717, 1.165) is 60.5 Å². The number of benzene rings is 1. The molecule has 0 amide bonds. The molecular formula is C22H30N6S. The Bertz CT molecular complexity index is 928. The van der Waals surface area contributed by atoms with Gasteiger partial charge in [0.25, 0.3) is 0 Å². The van der Waals surface area contributed by atoms with Crippen LogP contribution in [0.1, 0.15) is 35.3 Å². The molecule has 0 saturated heterocycles. The van der Waals surface area contributed by atoms with E-state index in [1.165, 1.54) is 5.56 Å². The Morgan fingerprint density at radius 2 is 2.03 bits per heavy atom. The molecule has 0 aliphatic rings. The van der Waals surface area contributed by atoms with E-state index in [1.807, 2.05) is 29.8 Å². The first-order chi connectivity index (χ1) is 14.1. The lowest BCUT2D eigenvalue weighted by atomic mass is 10.1. The third kappa shape index (κ3) is 5.90. The molecule has 154 valence electrons. The number of thiazole rings is 1. The zero-order chi connectivity index (χ0) is 20.6. The molecule has 2 heterocycles. The van der Waals surface area contributed by atoms with Gasteiger partial charge in [0.2, 0.25) is 0 Å². The minimum atomic E-state index is 0.763. The minimum absolute atomic E-state index is 0.763. The number of aryl methyl sites for hydroxylation is 3. The molecule has 0 aliphatic heterocycles. The van der Waals surface area contributed by atoms with Crippen LogP contribution in [0.2, 0.25) is 0 Å². The summed E-state index contributed by atoms with van der Waals surface area (Å²) >= 11 is 1.69. The molecule has 0 fully saturated rings. The van der Waals surface area contributed by atoms with Gasteiger partial charge in [-0.2, -0.15) is 5.10 Å². The maximum absolute atomic E-state index is 4.81. The van der Waals surface area contributed by atoms with Gasteiger partial charge in [-0.3, -0.25) is 4.99 Å². The molecule has 6 nitrogen and oxygen atoms in total. The fourth-order valence-corrected chi connectivity index (χ4v) is 3.78. The number of nitrogens with zero attached hydrogens (tertiary/aromatic N) is 5. The van der Waals surface area contributed by atoms with Crippen molar-refractivity contribution in [2.75, 3.05) is 20.1 Å². The van der Waals surface area contributed by atoms with E-state index in [1.54, 1.807) is 11.3 Å². The molecule has 0 radical (unpaired) electrons. The molecule has 0 unspecified atom stereocenters. The van der Waals surface area contributed by atoms with Crippen LogP contribution in [0.25, 0.3) is 5.69 Å². The maximum Gasteiger partial charge on any atom is 0.194 e. The van der Waals surface area contributed by atoms with E-state index in [-0.39, 0.29) is 0 Å². The number of aromatic nitrogens is 3. The van der Waals surface area contributed by atoms with E-state index in [4.69, 9.17) is 4.99 Å². The summed E-state index contributed by atoms with van der Waals surface area (Å²) in [4.78, 5) is 11.5. The van der Waals surface area contributed by atoms with Gasteiger partial charge in [0.1, 0.15) is 0 Å². The molecule has 1 aromatic carbocycles. The van der Waals surface area contributed by atoms with Crippen molar-refractivity contribution in [2.45, 2.75) is 40.2 Å². The van der Waals surface area contributed by atoms with E-state index in [2.05, 4.69) is 64.9 Å². The first-order valence-electron chi connectivity index (χ1n) is 10.1. The van der Waals surface area contributed by atoms with Gasteiger partial charge in [-0.1, -0.05) is 18.2 Å². The van der Waals surface area contributed by atoms with Gasteiger partial charge in [-0.15, -0.1) is 11.3 Å². The Morgan fingerprint density at radius 3 is 2.72 bits per heavy atom. The maximum atomic E-state index is 4.81. The van der Waals surface area contributed by atoms with Gasteiger partial charge in [-0.25, -0.2) is 9.67 Å². The van der Waals surface area contributed by atoms with Crippen molar-refractivity contribution in [2.24, 2.45) is 4.99 Å². The number of hydrogen-bond donors (Lipinski definition) is 1. The van der Waals surface area contributed by atoms with Crippen molar-refractivity contribution in [1.29, 1.82) is 0 Å². The van der Waals surface area contributed by atoms with Crippen molar-refractivity contribution in [3.05, 3.63) is 63.9 Å². The van der Waals surface area contributed by atoms with Gasteiger partial charge in [-0.05, 0) is 51.3 Å². The Balaban J connectivity index is 1.56. The third-order valence-corrected chi connectivity index (χ3v) is 5.47. The second kappa shape index (κ2) is 10.2. The molecule has 3 aromatic rings. The number of nitrogens with one attached hydrogen (secondary N) is 1. The number of aliphatic imine (C=N–C) groups is 1. The summed E-state index contributed by atoms with van der Waals surface area (Å²) < 4.78 is 1.96. The average molecular weight is 411 g/mol. The molecule has 0 spiro atoms. The predicted molar refractivity (Wildman–Crippen MR) is 121 cm³/mol.